The Labute approximate surface area is 272 Å². The van der Waals surface area contributed by atoms with E-state index in [1.165, 1.54) is 21.7 Å². The van der Waals surface area contributed by atoms with Gasteiger partial charge in [-0.05, 0) is 51.2 Å². The molecular weight excluding hydrogens is 573 g/mol. The highest BCUT2D eigenvalue weighted by molar-refractivity contribution is 6.13. The van der Waals surface area contributed by atoms with Gasteiger partial charge < -0.3 is 0 Å². The lowest BCUT2D eigenvalue weighted by Gasteiger charge is -2.13. The second-order valence-electron chi connectivity index (χ2n) is 11.7. The minimum absolute atomic E-state index is 0.585. The summed E-state index contributed by atoms with van der Waals surface area (Å²) in [4.78, 5) is 15.6. The molecule has 0 aliphatic carbocycles. The zero-order chi connectivity index (χ0) is 31.2. The van der Waals surface area contributed by atoms with Gasteiger partial charge in [-0.15, -0.1) is 0 Å². The maximum absolute atomic E-state index is 5.24. The zero-order valence-electron chi connectivity index (χ0n) is 25.5. The minimum Gasteiger partial charge on any atom is -0.278 e. The summed E-state index contributed by atoms with van der Waals surface area (Å²) in [6.45, 7) is 0. The molecule has 220 valence electrons. The lowest BCUT2D eigenvalue weighted by molar-refractivity contribution is 0.954. The summed E-state index contributed by atoms with van der Waals surface area (Å²) in [6, 6.07) is 59.2. The highest BCUT2D eigenvalue weighted by Gasteiger charge is 2.19. The van der Waals surface area contributed by atoms with Gasteiger partial charge >= 0.3 is 0 Å². The molecule has 7 aromatic carbocycles. The molecule has 47 heavy (non-hydrogen) atoms. The van der Waals surface area contributed by atoms with Crippen LogP contribution in [-0.2, 0) is 0 Å². The van der Waals surface area contributed by atoms with Crippen molar-refractivity contribution >= 4 is 32.6 Å². The predicted octanol–water partition coefficient (Wildman–Crippen LogP) is 10.8. The molecule has 0 unspecified atom stereocenters. The molecule has 2 aromatic heterocycles. The van der Waals surface area contributed by atoms with E-state index in [1.807, 2.05) is 18.2 Å². The van der Waals surface area contributed by atoms with Gasteiger partial charge in [-0.1, -0.05) is 152 Å². The monoisotopic (exact) mass is 600 g/mol. The average molecular weight is 601 g/mol. The maximum Gasteiger partial charge on any atom is 0.238 e. The van der Waals surface area contributed by atoms with Crippen molar-refractivity contribution in [3.05, 3.63) is 170 Å². The molecule has 0 spiro atoms. The third kappa shape index (κ3) is 4.75. The van der Waals surface area contributed by atoms with E-state index in [9.17, 15) is 0 Å². The highest BCUT2D eigenvalue weighted by atomic mass is 15.2. The second kappa shape index (κ2) is 11.2. The summed E-state index contributed by atoms with van der Waals surface area (Å²) in [5.74, 6) is 1.84. The Bertz CT molecular complexity index is 2550. The van der Waals surface area contributed by atoms with Crippen LogP contribution in [0.25, 0.3) is 83.6 Å². The van der Waals surface area contributed by atoms with Crippen molar-refractivity contribution < 1.29 is 0 Å². The van der Waals surface area contributed by atoms with E-state index in [0.29, 0.717) is 17.6 Å². The number of nitrogens with zero attached hydrogens (tertiary/aromatic N) is 4. The second-order valence-corrected chi connectivity index (χ2v) is 11.7. The molecule has 0 saturated carbocycles. The topological polar surface area (TPSA) is 43.6 Å². The van der Waals surface area contributed by atoms with Crippen molar-refractivity contribution in [2.45, 2.75) is 0 Å². The average Bonchev–Trinajstić information content (AvgIpc) is 3.47. The number of fused-ring (bicyclic) bond motifs is 4. The van der Waals surface area contributed by atoms with E-state index in [-0.39, 0.29) is 0 Å². The van der Waals surface area contributed by atoms with Crippen LogP contribution in [-0.4, -0.2) is 19.5 Å². The summed E-state index contributed by atoms with van der Waals surface area (Å²) < 4.78 is 2.19. The van der Waals surface area contributed by atoms with E-state index in [4.69, 9.17) is 15.0 Å². The summed E-state index contributed by atoms with van der Waals surface area (Å²) in [6.07, 6.45) is 0. The van der Waals surface area contributed by atoms with Gasteiger partial charge in [-0.2, -0.15) is 9.97 Å². The molecule has 2 heterocycles. The quantitative estimate of drug-likeness (QED) is 0.197. The van der Waals surface area contributed by atoms with E-state index in [0.717, 1.165) is 44.2 Å². The lowest BCUT2D eigenvalue weighted by atomic mass is 9.99. The number of aromatic nitrogens is 4. The molecule has 0 fully saturated rings. The van der Waals surface area contributed by atoms with Crippen LogP contribution in [0.2, 0.25) is 0 Å². The van der Waals surface area contributed by atoms with Crippen molar-refractivity contribution in [3.63, 3.8) is 0 Å². The summed E-state index contributed by atoms with van der Waals surface area (Å²) >= 11 is 0. The van der Waals surface area contributed by atoms with Gasteiger partial charge in [0.25, 0.3) is 0 Å². The first-order valence-corrected chi connectivity index (χ1v) is 15.8. The third-order valence-electron chi connectivity index (χ3n) is 8.87. The van der Waals surface area contributed by atoms with Crippen LogP contribution in [0.15, 0.2) is 170 Å². The molecule has 0 saturated heterocycles. The fourth-order valence-corrected chi connectivity index (χ4v) is 6.57. The molecule has 4 nitrogen and oxygen atoms in total. The van der Waals surface area contributed by atoms with E-state index < -0.39 is 0 Å². The van der Waals surface area contributed by atoms with Crippen LogP contribution in [0, 0.1) is 0 Å². The standard InChI is InChI=1S/C43H28N4/c1-3-13-29(14-4-1)30-23-25-32(26-24-30)41-44-42(37-21-10-9-19-35(37)31-15-5-2-6-16-31)46-43(45-41)47-39-22-12-11-20-36(39)38-27-33-17-7-8-18-34(33)28-40(38)47/h1-28H. The molecule has 0 atom stereocenters. The molecule has 0 N–H and O–H groups in total. The number of benzene rings is 7. The Hall–Kier alpha value is -6.39. The van der Waals surface area contributed by atoms with Gasteiger partial charge in [-0.3, -0.25) is 4.57 Å². The zero-order valence-corrected chi connectivity index (χ0v) is 25.5. The van der Waals surface area contributed by atoms with Crippen LogP contribution >= 0.6 is 0 Å². The Morgan fingerprint density at radius 2 is 0.894 bits per heavy atom. The molecule has 0 aliphatic rings. The Morgan fingerprint density at radius 1 is 0.340 bits per heavy atom. The SMILES string of the molecule is c1ccc(-c2ccc(-c3nc(-c4ccccc4-c4ccccc4)nc(-n4c5ccccc5c5cc6ccccc6cc54)n3)cc2)cc1. The minimum atomic E-state index is 0.585. The van der Waals surface area contributed by atoms with E-state index in [1.54, 1.807) is 0 Å². The van der Waals surface area contributed by atoms with Gasteiger partial charge in [0.15, 0.2) is 11.6 Å². The van der Waals surface area contributed by atoms with E-state index in [2.05, 4.69) is 156 Å². The van der Waals surface area contributed by atoms with Crippen molar-refractivity contribution in [2.24, 2.45) is 0 Å². The highest BCUT2D eigenvalue weighted by Crippen LogP contribution is 2.36. The largest absolute Gasteiger partial charge is 0.278 e. The van der Waals surface area contributed by atoms with Crippen LogP contribution < -0.4 is 0 Å². The Kier molecular flexibility index (Phi) is 6.43. The van der Waals surface area contributed by atoms with Crippen molar-refractivity contribution in [1.82, 2.24) is 19.5 Å². The molecule has 0 aliphatic heterocycles. The van der Waals surface area contributed by atoms with Gasteiger partial charge in [0.05, 0.1) is 11.0 Å². The molecule has 0 amide bonds. The molecular formula is C43H28N4. The van der Waals surface area contributed by atoms with Crippen molar-refractivity contribution in [1.29, 1.82) is 0 Å². The smallest absolute Gasteiger partial charge is 0.238 e. The van der Waals surface area contributed by atoms with Crippen LogP contribution in [0.1, 0.15) is 0 Å². The van der Waals surface area contributed by atoms with E-state index >= 15 is 0 Å². The Balaban J connectivity index is 1.31. The normalized spacial score (nSPS) is 11.4. The van der Waals surface area contributed by atoms with Gasteiger partial charge in [0.1, 0.15) is 0 Å². The van der Waals surface area contributed by atoms with Crippen molar-refractivity contribution in [3.8, 4) is 51.0 Å². The first-order chi connectivity index (χ1) is 23.3. The Morgan fingerprint density at radius 3 is 1.66 bits per heavy atom. The molecule has 9 rings (SSSR count). The fourth-order valence-electron chi connectivity index (χ4n) is 6.57. The first kappa shape index (κ1) is 27.0. The predicted molar refractivity (Wildman–Crippen MR) is 193 cm³/mol. The van der Waals surface area contributed by atoms with Gasteiger partial charge in [-0.25, -0.2) is 4.98 Å². The number of hydrogen-bond acceptors (Lipinski definition) is 3. The molecule has 0 radical (unpaired) electrons. The van der Waals surface area contributed by atoms with Gasteiger partial charge in [0, 0.05) is 21.9 Å². The lowest BCUT2D eigenvalue weighted by Crippen LogP contribution is -2.07. The summed E-state index contributed by atoms with van der Waals surface area (Å²) in [5.41, 5.74) is 8.50. The molecule has 9 aromatic rings. The van der Waals surface area contributed by atoms with Crippen LogP contribution in [0.3, 0.4) is 0 Å². The number of hydrogen-bond donors (Lipinski definition) is 0. The first-order valence-electron chi connectivity index (χ1n) is 15.8. The van der Waals surface area contributed by atoms with Crippen LogP contribution in [0.5, 0.6) is 0 Å². The van der Waals surface area contributed by atoms with Crippen molar-refractivity contribution in [2.75, 3.05) is 0 Å². The third-order valence-corrected chi connectivity index (χ3v) is 8.87. The number of para-hydroxylation sites is 1. The maximum atomic E-state index is 5.24. The summed E-state index contributed by atoms with van der Waals surface area (Å²) in [5, 5.41) is 4.70. The molecule has 0 bridgehead atoms. The molecule has 4 heteroatoms. The van der Waals surface area contributed by atoms with Gasteiger partial charge in [0.2, 0.25) is 5.95 Å². The van der Waals surface area contributed by atoms with Crippen LogP contribution in [0.4, 0.5) is 0 Å². The number of rotatable bonds is 5. The fraction of sp³-hybridized carbons (Fsp3) is 0. The summed E-state index contributed by atoms with van der Waals surface area (Å²) in [7, 11) is 0.